The van der Waals surface area contributed by atoms with E-state index in [4.69, 9.17) is 0 Å². The molecule has 2 amide bonds. The molecule has 0 heterocycles. The molecule has 1 atom stereocenters. The molecular weight excluding hydrogens is 472 g/mol. The maximum Gasteiger partial charge on any atom is 0.244 e. The highest BCUT2D eigenvalue weighted by Gasteiger charge is 2.05. The molecule has 0 saturated carbocycles. The molecule has 6 heteroatoms. The van der Waals surface area contributed by atoms with Gasteiger partial charge in [-0.2, -0.15) is 0 Å². The van der Waals surface area contributed by atoms with Gasteiger partial charge in [0.1, 0.15) is 0 Å². The lowest BCUT2D eigenvalue weighted by molar-refractivity contribution is -0.118. The van der Waals surface area contributed by atoms with Gasteiger partial charge in [-0.3, -0.25) is 9.59 Å². The normalized spacial score (nSPS) is 12.3. The third-order valence-electron chi connectivity index (χ3n) is 3.57. The zero-order valence-corrected chi connectivity index (χ0v) is 18.0. The number of nitrogens with one attached hydrogen (secondary N) is 2. The number of carbonyl (C=O) groups excluding carboxylic acids is 2. The highest BCUT2D eigenvalue weighted by molar-refractivity contribution is 9.10. The van der Waals surface area contributed by atoms with Gasteiger partial charge in [0.25, 0.3) is 0 Å². The smallest absolute Gasteiger partial charge is 0.244 e. The van der Waals surface area contributed by atoms with E-state index in [1.807, 2.05) is 55.5 Å². The van der Waals surface area contributed by atoms with Crippen LogP contribution in [0.3, 0.4) is 0 Å². The summed E-state index contributed by atoms with van der Waals surface area (Å²) in [6.07, 6.45) is 6.44. The molecule has 0 aromatic heterocycles. The van der Waals surface area contributed by atoms with E-state index in [-0.39, 0.29) is 17.9 Å². The van der Waals surface area contributed by atoms with Crippen LogP contribution >= 0.6 is 31.9 Å². The fourth-order valence-corrected chi connectivity index (χ4v) is 2.67. The van der Waals surface area contributed by atoms with Gasteiger partial charge in [0.15, 0.2) is 0 Å². The van der Waals surface area contributed by atoms with Crippen molar-refractivity contribution in [2.75, 3.05) is 6.54 Å². The lowest BCUT2D eigenvalue weighted by atomic mass is 10.2. The van der Waals surface area contributed by atoms with Crippen LogP contribution in [0.15, 0.2) is 69.6 Å². The van der Waals surface area contributed by atoms with Gasteiger partial charge in [-0.25, -0.2) is 0 Å². The molecule has 4 nitrogen and oxygen atoms in total. The first kappa shape index (κ1) is 21.1. The molecule has 0 aliphatic carbocycles. The number of amides is 2. The van der Waals surface area contributed by atoms with Crippen molar-refractivity contribution in [1.29, 1.82) is 0 Å². The van der Waals surface area contributed by atoms with Gasteiger partial charge < -0.3 is 10.6 Å². The monoisotopic (exact) mass is 490 g/mol. The number of benzene rings is 2. The van der Waals surface area contributed by atoms with Crippen molar-refractivity contribution in [2.24, 2.45) is 0 Å². The quantitative estimate of drug-likeness (QED) is 0.558. The molecule has 0 aliphatic heterocycles. The van der Waals surface area contributed by atoms with Gasteiger partial charge in [0.05, 0.1) is 0 Å². The molecule has 2 aromatic carbocycles. The second-order valence-electron chi connectivity index (χ2n) is 5.92. The van der Waals surface area contributed by atoms with Crippen LogP contribution in [0.1, 0.15) is 18.1 Å². The molecule has 0 aliphatic rings. The Morgan fingerprint density at radius 3 is 1.78 bits per heavy atom. The van der Waals surface area contributed by atoms with E-state index in [0.717, 1.165) is 20.1 Å². The number of hydrogen-bond acceptors (Lipinski definition) is 2. The Kier molecular flexibility index (Phi) is 8.48. The molecule has 140 valence electrons. The van der Waals surface area contributed by atoms with Gasteiger partial charge in [0, 0.05) is 33.7 Å². The van der Waals surface area contributed by atoms with Crippen LogP contribution in [0.25, 0.3) is 12.2 Å². The van der Waals surface area contributed by atoms with E-state index in [2.05, 4.69) is 42.5 Å². The van der Waals surface area contributed by atoms with Crippen LogP contribution in [0, 0.1) is 0 Å². The number of rotatable bonds is 7. The highest BCUT2D eigenvalue weighted by atomic mass is 79.9. The second kappa shape index (κ2) is 10.8. The summed E-state index contributed by atoms with van der Waals surface area (Å²) in [5.41, 5.74) is 1.88. The Hall–Kier alpha value is -2.18. The Bertz CT molecular complexity index is 828. The maximum atomic E-state index is 11.9. The average Bonchev–Trinajstić information content (AvgIpc) is 2.65. The summed E-state index contributed by atoms with van der Waals surface area (Å²) in [4.78, 5) is 23.8. The molecule has 0 saturated heterocycles. The molecule has 1 unspecified atom stereocenters. The molecule has 27 heavy (non-hydrogen) atoms. The molecule has 0 bridgehead atoms. The lowest BCUT2D eigenvalue weighted by Crippen LogP contribution is -2.40. The summed E-state index contributed by atoms with van der Waals surface area (Å²) < 4.78 is 1.98. The van der Waals surface area contributed by atoms with E-state index >= 15 is 0 Å². The summed E-state index contributed by atoms with van der Waals surface area (Å²) in [6, 6.07) is 15.1. The Morgan fingerprint density at radius 2 is 1.30 bits per heavy atom. The largest absolute Gasteiger partial charge is 0.351 e. The van der Waals surface area contributed by atoms with Crippen molar-refractivity contribution in [3.63, 3.8) is 0 Å². The summed E-state index contributed by atoms with van der Waals surface area (Å²) in [7, 11) is 0. The van der Waals surface area contributed by atoms with E-state index < -0.39 is 0 Å². The third-order valence-corrected chi connectivity index (χ3v) is 4.62. The predicted octanol–water partition coefficient (Wildman–Crippen LogP) is 4.56. The fourth-order valence-electron chi connectivity index (χ4n) is 2.15. The first-order chi connectivity index (χ1) is 12.9. The van der Waals surface area contributed by atoms with Crippen LogP contribution < -0.4 is 10.6 Å². The fraction of sp³-hybridized carbons (Fsp3) is 0.143. The van der Waals surface area contributed by atoms with Crippen molar-refractivity contribution in [2.45, 2.75) is 13.0 Å². The minimum Gasteiger partial charge on any atom is -0.351 e. The summed E-state index contributed by atoms with van der Waals surface area (Å²) in [6.45, 7) is 2.19. The van der Waals surface area contributed by atoms with E-state index in [1.54, 1.807) is 12.2 Å². The van der Waals surface area contributed by atoms with Crippen molar-refractivity contribution in [3.05, 3.63) is 80.8 Å². The van der Waals surface area contributed by atoms with Gasteiger partial charge in [0.2, 0.25) is 11.8 Å². The van der Waals surface area contributed by atoms with Crippen LogP contribution in [0.5, 0.6) is 0 Å². The number of carbonyl (C=O) groups is 2. The third kappa shape index (κ3) is 8.37. The molecule has 0 fully saturated rings. The van der Waals surface area contributed by atoms with Crippen molar-refractivity contribution >= 4 is 55.8 Å². The average molecular weight is 492 g/mol. The Balaban J connectivity index is 1.73. The van der Waals surface area contributed by atoms with E-state index in [1.165, 1.54) is 12.2 Å². The minimum absolute atomic E-state index is 0.183. The Labute approximate surface area is 176 Å². The summed E-state index contributed by atoms with van der Waals surface area (Å²) >= 11 is 6.74. The van der Waals surface area contributed by atoms with E-state index in [0.29, 0.717) is 6.54 Å². The zero-order valence-electron chi connectivity index (χ0n) is 14.8. The minimum atomic E-state index is -0.204. The topological polar surface area (TPSA) is 58.2 Å². The SMILES string of the molecule is CC(CNC(=O)C=Cc1ccc(Br)cc1)NC(=O)C=Cc1ccc(Br)cc1. The highest BCUT2D eigenvalue weighted by Crippen LogP contribution is 2.12. The predicted molar refractivity (Wildman–Crippen MR) is 117 cm³/mol. The first-order valence-electron chi connectivity index (χ1n) is 8.38. The van der Waals surface area contributed by atoms with Gasteiger partial charge >= 0.3 is 0 Å². The van der Waals surface area contributed by atoms with Gasteiger partial charge in [-0.15, -0.1) is 0 Å². The molecule has 0 spiro atoms. The van der Waals surface area contributed by atoms with Crippen molar-refractivity contribution in [1.82, 2.24) is 10.6 Å². The Morgan fingerprint density at radius 1 is 0.852 bits per heavy atom. The molecule has 2 aromatic rings. The van der Waals surface area contributed by atoms with Gasteiger partial charge in [-0.05, 0) is 54.5 Å². The molecule has 2 N–H and O–H groups in total. The molecule has 0 radical (unpaired) electrons. The van der Waals surface area contributed by atoms with Crippen LogP contribution in [0.4, 0.5) is 0 Å². The zero-order chi connectivity index (χ0) is 19.6. The summed E-state index contributed by atoms with van der Waals surface area (Å²) in [5.74, 6) is -0.408. The number of halogens is 2. The first-order valence-corrected chi connectivity index (χ1v) is 9.96. The summed E-state index contributed by atoms with van der Waals surface area (Å²) in [5, 5.41) is 5.59. The lowest BCUT2D eigenvalue weighted by Gasteiger charge is -2.12. The number of hydrogen-bond donors (Lipinski definition) is 2. The standard InChI is InChI=1S/C21H20Br2N2O2/c1-15(25-21(27)13-7-17-4-10-19(23)11-5-17)14-24-20(26)12-6-16-2-8-18(22)9-3-16/h2-13,15H,14H2,1H3,(H,24,26)(H,25,27). The second-order valence-corrected chi connectivity index (χ2v) is 7.76. The molecular formula is C21H20Br2N2O2. The van der Waals surface area contributed by atoms with Crippen LogP contribution in [0.2, 0.25) is 0 Å². The van der Waals surface area contributed by atoms with Crippen molar-refractivity contribution < 1.29 is 9.59 Å². The van der Waals surface area contributed by atoms with Crippen LogP contribution in [-0.2, 0) is 9.59 Å². The maximum absolute atomic E-state index is 11.9. The molecule has 2 rings (SSSR count). The van der Waals surface area contributed by atoms with E-state index in [9.17, 15) is 9.59 Å². The van der Waals surface area contributed by atoms with Crippen molar-refractivity contribution in [3.8, 4) is 0 Å². The van der Waals surface area contributed by atoms with Gasteiger partial charge in [-0.1, -0.05) is 56.1 Å². The van der Waals surface area contributed by atoms with Crippen LogP contribution in [-0.4, -0.2) is 24.4 Å².